The van der Waals surface area contributed by atoms with Crippen LogP contribution >= 0.6 is 11.6 Å². The van der Waals surface area contributed by atoms with Gasteiger partial charge in [-0.15, -0.1) is 0 Å². The van der Waals surface area contributed by atoms with Crippen LogP contribution in [-0.4, -0.2) is 45.2 Å². The van der Waals surface area contributed by atoms with Crippen molar-refractivity contribution in [3.63, 3.8) is 0 Å². The SMILES string of the molecule is CCCCc1nc2ccc(N(Cc3ccccc3)C(=O)N(C)CC)cc2c(=O)n1Cc1ccc(OC(C(=O)O)c2ccccc2Cl)cc1. The predicted octanol–water partition coefficient (Wildman–Crippen LogP) is 7.72. The van der Waals surface area contributed by atoms with E-state index in [0.717, 1.165) is 24.0 Å². The van der Waals surface area contributed by atoms with Crippen molar-refractivity contribution >= 4 is 40.2 Å². The summed E-state index contributed by atoms with van der Waals surface area (Å²) < 4.78 is 7.51. The molecule has 0 bridgehead atoms. The summed E-state index contributed by atoms with van der Waals surface area (Å²) in [5.41, 5.74) is 3.12. The maximum atomic E-state index is 14.2. The zero-order chi connectivity index (χ0) is 34.2. The molecule has 1 unspecified atom stereocenters. The largest absolute Gasteiger partial charge is 0.478 e. The first-order valence-corrected chi connectivity index (χ1v) is 16.4. The molecule has 2 amide bonds. The van der Waals surface area contributed by atoms with Crippen LogP contribution in [0.3, 0.4) is 0 Å². The summed E-state index contributed by atoms with van der Waals surface area (Å²) >= 11 is 6.25. The maximum Gasteiger partial charge on any atom is 0.349 e. The molecule has 0 aliphatic carbocycles. The van der Waals surface area contributed by atoms with E-state index in [1.165, 1.54) is 0 Å². The number of unbranched alkanes of at least 4 members (excludes halogenated alkanes) is 1. The molecule has 0 spiro atoms. The van der Waals surface area contributed by atoms with E-state index < -0.39 is 12.1 Å². The number of halogens is 1. The van der Waals surface area contributed by atoms with Crippen LogP contribution in [0.4, 0.5) is 10.5 Å². The van der Waals surface area contributed by atoms with E-state index in [0.29, 0.717) is 58.3 Å². The van der Waals surface area contributed by atoms with Gasteiger partial charge in [-0.2, -0.15) is 0 Å². The van der Waals surface area contributed by atoms with Crippen molar-refractivity contribution in [2.45, 2.75) is 52.3 Å². The molecule has 1 atom stereocenters. The topological polar surface area (TPSA) is 105 Å². The zero-order valence-corrected chi connectivity index (χ0v) is 28.1. The molecule has 0 aliphatic heterocycles. The fourth-order valence-corrected chi connectivity index (χ4v) is 5.65. The van der Waals surface area contributed by atoms with E-state index in [1.54, 1.807) is 76.0 Å². The molecule has 48 heavy (non-hydrogen) atoms. The summed E-state index contributed by atoms with van der Waals surface area (Å²) in [6.45, 7) is 5.14. The number of hydrogen-bond acceptors (Lipinski definition) is 5. The van der Waals surface area contributed by atoms with Crippen molar-refractivity contribution < 1.29 is 19.4 Å². The first-order valence-electron chi connectivity index (χ1n) is 16.0. The maximum absolute atomic E-state index is 14.2. The second-order valence-electron chi connectivity index (χ2n) is 11.6. The quantitative estimate of drug-likeness (QED) is 0.138. The van der Waals surface area contributed by atoms with Crippen LogP contribution in [0.25, 0.3) is 10.9 Å². The molecule has 1 aromatic heterocycles. The number of aliphatic carboxylic acids is 1. The Balaban J connectivity index is 1.49. The lowest BCUT2D eigenvalue weighted by molar-refractivity contribution is -0.145. The fraction of sp³-hybridized carbons (Fsp3) is 0.263. The number of anilines is 1. The van der Waals surface area contributed by atoms with Gasteiger partial charge >= 0.3 is 12.0 Å². The molecule has 0 aliphatic rings. The number of benzene rings is 4. The summed E-state index contributed by atoms with van der Waals surface area (Å²) in [6, 6.07) is 28.6. The van der Waals surface area contributed by atoms with Crippen LogP contribution < -0.4 is 15.2 Å². The molecule has 0 radical (unpaired) electrons. The number of carbonyl (C=O) groups excluding carboxylic acids is 1. The number of aryl methyl sites for hydroxylation is 1. The van der Waals surface area contributed by atoms with Gasteiger partial charge in [-0.3, -0.25) is 14.3 Å². The first kappa shape index (κ1) is 34.2. The fourth-order valence-electron chi connectivity index (χ4n) is 5.41. The van der Waals surface area contributed by atoms with Crippen LogP contribution in [0.5, 0.6) is 5.75 Å². The van der Waals surface area contributed by atoms with Crippen molar-refractivity contribution in [3.05, 3.63) is 135 Å². The van der Waals surface area contributed by atoms with Crippen molar-refractivity contribution in [1.82, 2.24) is 14.5 Å². The number of carbonyl (C=O) groups is 2. The molecule has 0 saturated heterocycles. The highest BCUT2D eigenvalue weighted by Gasteiger charge is 2.25. The number of fused-ring (bicyclic) bond motifs is 1. The Hall–Kier alpha value is -5.15. The number of aromatic nitrogens is 2. The van der Waals surface area contributed by atoms with E-state index >= 15 is 0 Å². The number of nitrogens with zero attached hydrogens (tertiary/aromatic N) is 4. The third-order valence-corrected chi connectivity index (χ3v) is 8.57. The van der Waals surface area contributed by atoms with E-state index in [2.05, 4.69) is 6.92 Å². The lowest BCUT2D eigenvalue weighted by Crippen LogP contribution is -2.41. The number of amides is 2. The first-order chi connectivity index (χ1) is 23.2. The molecule has 5 aromatic rings. The van der Waals surface area contributed by atoms with E-state index in [9.17, 15) is 19.5 Å². The summed E-state index contributed by atoms with van der Waals surface area (Å²) in [5, 5.41) is 10.5. The number of rotatable bonds is 13. The molecule has 0 fully saturated rings. The summed E-state index contributed by atoms with van der Waals surface area (Å²) in [5.74, 6) is -0.132. The highest BCUT2D eigenvalue weighted by molar-refractivity contribution is 6.31. The lowest BCUT2D eigenvalue weighted by atomic mass is 10.1. The van der Waals surface area contributed by atoms with Gasteiger partial charge in [0.15, 0.2) is 0 Å². The minimum Gasteiger partial charge on any atom is -0.478 e. The van der Waals surface area contributed by atoms with Gasteiger partial charge in [0.05, 0.1) is 24.0 Å². The van der Waals surface area contributed by atoms with Gasteiger partial charge in [0, 0.05) is 36.3 Å². The third-order valence-electron chi connectivity index (χ3n) is 8.23. The van der Waals surface area contributed by atoms with E-state index in [4.69, 9.17) is 21.3 Å². The molecule has 1 heterocycles. The van der Waals surface area contributed by atoms with Gasteiger partial charge < -0.3 is 14.7 Å². The van der Waals surface area contributed by atoms with Gasteiger partial charge in [-0.05, 0) is 60.9 Å². The van der Waals surface area contributed by atoms with Crippen LogP contribution in [0.15, 0.2) is 102 Å². The minimum atomic E-state index is -1.28. The molecule has 1 N–H and O–H groups in total. The second-order valence-corrected chi connectivity index (χ2v) is 12.0. The predicted molar refractivity (Wildman–Crippen MR) is 189 cm³/mol. The Morgan fingerprint density at radius 3 is 2.31 bits per heavy atom. The molecular formula is C38H39ClN4O5. The van der Waals surface area contributed by atoms with Crippen LogP contribution in [0, 0.1) is 0 Å². The van der Waals surface area contributed by atoms with Crippen LogP contribution in [0.1, 0.15) is 55.3 Å². The van der Waals surface area contributed by atoms with Gasteiger partial charge in [0.2, 0.25) is 6.10 Å². The van der Waals surface area contributed by atoms with Crippen molar-refractivity contribution in [2.75, 3.05) is 18.5 Å². The number of hydrogen-bond donors (Lipinski definition) is 1. The molecule has 0 saturated carbocycles. The monoisotopic (exact) mass is 666 g/mol. The van der Waals surface area contributed by atoms with Gasteiger partial charge in [-0.25, -0.2) is 14.6 Å². The molecule has 248 valence electrons. The van der Waals surface area contributed by atoms with Gasteiger partial charge in [0.1, 0.15) is 11.6 Å². The zero-order valence-electron chi connectivity index (χ0n) is 27.3. The lowest BCUT2D eigenvalue weighted by Gasteiger charge is -2.28. The average Bonchev–Trinajstić information content (AvgIpc) is 3.10. The number of ether oxygens (including phenoxy) is 1. The highest BCUT2D eigenvalue weighted by atomic mass is 35.5. The molecule has 9 nitrogen and oxygen atoms in total. The van der Waals surface area contributed by atoms with E-state index in [1.807, 2.05) is 49.4 Å². The Kier molecular flexibility index (Phi) is 11.1. The second kappa shape index (κ2) is 15.6. The smallest absolute Gasteiger partial charge is 0.349 e. The number of urea groups is 1. The Bertz CT molecular complexity index is 1950. The van der Waals surface area contributed by atoms with Gasteiger partial charge in [-0.1, -0.05) is 85.6 Å². The minimum absolute atomic E-state index is 0.171. The molecule has 10 heteroatoms. The third kappa shape index (κ3) is 7.86. The molecule has 4 aromatic carbocycles. The standard InChI is InChI=1S/C38H39ClN4O5/c1-4-6-16-34-40-33-22-19-28(42(38(47)41(3)5-2)24-26-12-8-7-9-13-26)23-31(33)36(44)43(34)25-27-17-20-29(21-18-27)48-35(37(45)46)30-14-10-11-15-32(30)39/h7-15,17-23,35H,4-6,16,24-25H2,1-3H3,(H,45,46). The Morgan fingerprint density at radius 2 is 1.65 bits per heavy atom. The van der Waals surface area contributed by atoms with Crippen molar-refractivity contribution in [2.24, 2.45) is 0 Å². The van der Waals surface area contributed by atoms with Gasteiger partial charge in [0.25, 0.3) is 5.56 Å². The van der Waals surface area contributed by atoms with Crippen LogP contribution in [-0.2, 0) is 24.3 Å². The summed E-state index contributed by atoms with van der Waals surface area (Å²) in [6.07, 6.45) is 1.15. The van der Waals surface area contributed by atoms with Crippen molar-refractivity contribution in [3.8, 4) is 5.75 Å². The number of carboxylic acids is 1. The highest BCUT2D eigenvalue weighted by Crippen LogP contribution is 2.29. The van der Waals surface area contributed by atoms with Crippen molar-refractivity contribution in [1.29, 1.82) is 0 Å². The average molecular weight is 667 g/mol. The molecule has 5 rings (SSSR count). The van der Waals surface area contributed by atoms with Crippen LogP contribution in [0.2, 0.25) is 5.02 Å². The summed E-state index contributed by atoms with van der Waals surface area (Å²) in [7, 11) is 1.75. The normalized spacial score (nSPS) is 11.7. The Labute approximate surface area is 285 Å². The Morgan fingerprint density at radius 1 is 0.938 bits per heavy atom. The van der Waals surface area contributed by atoms with E-state index in [-0.39, 0.29) is 18.1 Å². The summed E-state index contributed by atoms with van der Waals surface area (Å²) in [4.78, 5) is 48.0. The molecular weight excluding hydrogens is 628 g/mol. The number of carboxylic acid groups (broad SMARTS) is 1.